The van der Waals surface area contributed by atoms with Crippen molar-refractivity contribution in [2.24, 2.45) is 0 Å². The van der Waals surface area contributed by atoms with Crippen molar-refractivity contribution in [2.75, 3.05) is 0 Å². The molecule has 1 aromatic carbocycles. The Morgan fingerprint density at radius 1 is 1.17 bits per heavy atom. The maximum absolute atomic E-state index is 13.0. The second kappa shape index (κ2) is 4.56. The lowest BCUT2D eigenvalue weighted by atomic mass is 9.88. The quantitative estimate of drug-likeness (QED) is 0.744. The lowest BCUT2D eigenvalue weighted by Crippen LogP contribution is -2.46. The average molecular weight is 245 g/mol. The molecule has 1 amide bonds. The third-order valence-corrected chi connectivity index (χ3v) is 3.92. The van der Waals surface area contributed by atoms with E-state index in [9.17, 15) is 9.18 Å². The van der Waals surface area contributed by atoms with Crippen molar-refractivity contribution in [3.8, 4) is 0 Å². The van der Waals surface area contributed by atoms with Gasteiger partial charge in [-0.05, 0) is 49.5 Å². The maximum atomic E-state index is 13.0. The first-order chi connectivity index (χ1) is 8.75. The van der Waals surface area contributed by atoms with E-state index in [1.807, 2.05) is 11.0 Å². The highest BCUT2D eigenvalue weighted by atomic mass is 19.1. The van der Waals surface area contributed by atoms with E-state index in [1.54, 1.807) is 18.2 Å². The van der Waals surface area contributed by atoms with Crippen LogP contribution in [0, 0.1) is 5.82 Å². The Labute approximate surface area is 106 Å². The summed E-state index contributed by atoms with van der Waals surface area (Å²) in [5.41, 5.74) is 1.05. The summed E-state index contributed by atoms with van der Waals surface area (Å²) in [6.07, 6.45) is 7.76. The molecule has 0 aliphatic carbocycles. The molecule has 2 nitrogen and oxygen atoms in total. The monoisotopic (exact) mass is 245 g/mol. The van der Waals surface area contributed by atoms with Crippen LogP contribution in [0.2, 0.25) is 0 Å². The predicted molar refractivity (Wildman–Crippen MR) is 67.4 cm³/mol. The Balaban J connectivity index is 1.92. The van der Waals surface area contributed by atoms with E-state index in [2.05, 4.69) is 0 Å². The molecular weight excluding hydrogens is 229 g/mol. The second-order valence-electron chi connectivity index (χ2n) is 5.04. The molecule has 1 aromatic rings. The Hall–Kier alpha value is -1.64. The van der Waals surface area contributed by atoms with E-state index in [1.165, 1.54) is 12.1 Å². The molecule has 1 fully saturated rings. The normalized spacial score (nSPS) is 27.2. The summed E-state index contributed by atoms with van der Waals surface area (Å²) < 4.78 is 13.0. The molecule has 0 aromatic heterocycles. The van der Waals surface area contributed by atoms with E-state index in [-0.39, 0.29) is 17.8 Å². The molecule has 2 heterocycles. The molecule has 3 heteroatoms. The minimum atomic E-state index is -0.226. The summed E-state index contributed by atoms with van der Waals surface area (Å²) in [6.45, 7) is 0. The van der Waals surface area contributed by atoms with Crippen LogP contribution in [-0.2, 0) is 4.79 Å². The van der Waals surface area contributed by atoms with Gasteiger partial charge in [-0.3, -0.25) is 4.79 Å². The summed E-state index contributed by atoms with van der Waals surface area (Å²) in [5, 5.41) is 0. The molecule has 94 valence electrons. The van der Waals surface area contributed by atoms with E-state index in [4.69, 9.17) is 0 Å². The van der Waals surface area contributed by atoms with Crippen LogP contribution in [0.1, 0.15) is 37.3 Å². The smallest absolute Gasteiger partial charge is 0.247 e. The molecule has 2 aliphatic heterocycles. The summed E-state index contributed by atoms with van der Waals surface area (Å²) in [7, 11) is 0. The van der Waals surface area contributed by atoms with Crippen LogP contribution >= 0.6 is 0 Å². The van der Waals surface area contributed by atoms with Crippen LogP contribution in [0.25, 0.3) is 0 Å². The van der Waals surface area contributed by atoms with Crippen LogP contribution in [0.4, 0.5) is 4.39 Å². The number of carbonyl (C=O) groups excluding carboxylic acids is 1. The Kier molecular flexibility index (Phi) is 2.90. The molecule has 0 N–H and O–H groups in total. The van der Waals surface area contributed by atoms with Gasteiger partial charge in [0.2, 0.25) is 5.91 Å². The highest BCUT2D eigenvalue weighted by Crippen LogP contribution is 2.37. The molecule has 2 unspecified atom stereocenters. The molecule has 0 bridgehead atoms. The number of nitrogens with zero attached hydrogens (tertiary/aromatic N) is 1. The number of hydrogen-bond acceptors (Lipinski definition) is 1. The van der Waals surface area contributed by atoms with Gasteiger partial charge in [0.15, 0.2) is 0 Å². The topological polar surface area (TPSA) is 20.3 Å². The summed E-state index contributed by atoms with van der Waals surface area (Å²) >= 11 is 0. The summed E-state index contributed by atoms with van der Waals surface area (Å²) in [5.74, 6) is -0.128. The minimum Gasteiger partial charge on any atom is -0.329 e. The van der Waals surface area contributed by atoms with E-state index in [0.29, 0.717) is 6.04 Å². The van der Waals surface area contributed by atoms with Crippen molar-refractivity contribution in [1.29, 1.82) is 0 Å². The number of piperidine rings is 1. The van der Waals surface area contributed by atoms with Crippen molar-refractivity contribution >= 4 is 5.91 Å². The summed E-state index contributed by atoms with van der Waals surface area (Å²) in [4.78, 5) is 14.0. The van der Waals surface area contributed by atoms with Crippen molar-refractivity contribution in [1.82, 2.24) is 4.90 Å². The number of fused-ring (bicyclic) bond motifs is 1. The van der Waals surface area contributed by atoms with Crippen LogP contribution in [0.15, 0.2) is 36.4 Å². The lowest BCUT2D eigenvalue weighted by Gasteiger charge is -2.43. The number of hydrogen-bond donors (Lipinski definition) is 0. The van der Waals surface area contributed by atoms with Gasteiger partial charge in [-0.25, -0.2) is 4.39 Å². The van der Waals surface area contributed by atoms with Gasteiger partial charge in [0, 0.05) is 6.04 Å². The number of halogens is 1. The van der Waals surface area contributed by atoms with Gasteiger partial charge in [0.1, 0.15) is 5.82 Å². The van der Waals surface area contributed by atoms with Gasteiger partial charge < -0.3 is 4.90 Å². The molecular formula is C15H16FNO. The van der Waals surface area contributed by atoms with E-state index in [0.717, 1.165) is 31.2 Å². The third-order valence-electron chi connectivity index (χ3n) is 3.92. The molecule has 0 spiro atoms. The van der Waals surface area contributed by atoms with Crippen molar-refractivity contribution in [3.05, 3.63) is 47.8 Å². The highest BCUT2D eigenvalue weighted by molar-refractivity contribution is 5.89. The van der Waals surface area contributed by atoms with Gasteiger partial charge in [-0.2, -0.15) is 0 Å². The van der Waals surface area contributed by atoms with E-state index >= 15 is 0 Å². The zero-order valence-corrected chi connectivity index (χ0v) is 10.2. The molecule has 1 saturated heterocycles. The van der Waals surface area contributed by atoms with Crippen LogP contribution in [-0.4, -0.2) is 16.8 Å². The number of benzene rings is 1. The Morgan fingerprint density at radius 3 is 2.72 bits per heavy atom. The fraction of sp³-hybridized carbons (Fsp3) is 0.400. The minimum absolute atomic E-state index is 0.0975. The molecule has 18 heavy (non-hydrogen) atoms. The largest absolute Gasteiger partial charge is 0.329 e. The molecule has 3 rings (SSSR count). The number of carbonyl (C=O) groups is 1. The molecule has 0 saturated carbocycles. The van der Waals surface area contributed by atoms with Gasteiger partial charge in [0.05, 0.1) is 6.04 Å². The molecule has 2 aliphatic rings. The average Bonchev–Trinajstić information content (AvgIpc) is 2.39. The standard InChI is InChI=1S/C15H16FNO/c16-12-9-7-11(8-10-12)14-5-1-3-13-4-2-6-15(18)17(13)14/h2,6-10,13-14H,1,3-5H2. The zero-order valence-electron chi connectivity index (χ0n) is 10.2. The lowest BCUT2D eigenvalue weighted by molar-refractivity contribution is -0.133. The maximum Gasteiger partial charge on any atom is 0.247 e. The highest BCUT2D eigenvalue weighted by Gasteiger charge is 2.35. The van der Waals surface area contributed by atoms with Crippen LogP contribution in [0.3, 0.4) is 0 Å². The third kappa shape index (κ3) is 1.94. The molecule has 0 radical (unpaired) electrons. The fourth-order valence-electron chi connectivity index (χ4n) is 3.07. The first-order valence-corrected chi connectivity index (χ1v) is 6.50. The van der Waals surface area contributed by atoms with Gasteiger partial charge in [-0.1, -0.05) is 18.2 Å². The van der Waals surface area contributed by atoms with Gasteiger partial charge in [0.25, 0.3) is 0 Å². The Morgan fingerprint density at radius 2 is 1.94 bits per heavy atom. The van der Waals surface area contributed by atoms with Crippen LogP contribution in [0.5, 0.6) is 0 Å². The van der Waals surface area contributed by atoms with E-state index < -0.39 is 0 Å². The van der Waals surface area contributed by atoms with Crippen LogP contribution < -0.4 is 0 Å². The first-order valence-electron chi connectivity index (χ1n) is 6.50. The van der Waals surface area contributed by atoms with Gasteiger partial charge in [-0.15, -0.1) is 0 Å². The van der Waals surface area contributed by atoms with Crippen molar-refractivity contribution < 1.29 is 9.18 Å². The van der Waals surface area contributed by atoms with Crippen molar-refractivity contribution in [2.45, 2.75) is 37.8 Å². The Bertz CT molecular complexity index is 480. The SMILES string of the molecule is O=C1C=CCC2CCCC(c3ccc(F)cc3)N12. The predicted octanol–water partition coefficient (Wildman–Crippen LogP) is 3.21. The first kappa shape index (κ1) is 11.5. The van der Waals surface area contributed by atoms with Crippen molar-refractivity contribution in [3.63, 3.8) is 0 Å². The number of rotatable bonds is 1. The second-order valence-corrected chi connectivity index (χ2v) is 5.04. The zero-order chi connectivity index (χ0) is 12.5. The molecule has 2 atom stereocenters. The van der Waals surface area contributed by atoms with Gasteiger partial charge >= 0.3 is 0 Å². The number of amides is 1. The summed E-state index contributed by atoms with van der Waals surface area (Å²) in [6, 6.07) is 6.99. The fourth-order valence-corrected chi connectivity index (χ4v) is 3.07.